The van der Waals surface area contributed by atoms with Gasteiger partial charge in [0, 0.05) is 18.7 Å². The molecule has 0 N–H and O–H groups in total. The van der Waals surface area contributed by atoms with Crippen molar-refractivity contribution in [3.05, 3.63) is 105 Å². The van der Waals surface area contributed by atoms with Crippen LogP contribution in [0, 0.1) is 6.92 Å². The van der Waals surface area contributed by atoms with Crippen molar-refractivity contribution in [1.29, 1.82) is 0 Å². The normalized spacial score (nSPS) is 18.1. The van der Waals surface area contributed by atoms with E-state index in [0.29, 0.717) is 34.5 Å². The second-order valence-electron chi connectivity index (χ2n) is 9.56. The maximum Gasteiger partial charge on any atom is 0.291 e. The van der Waals surface area contributed by atoms with Crippen LogP contribution in [0.2, 0.25) is 0 Å². The fourth-order valence-electron chi connectivity index (χ4n) is 5.68. The Morgan fingerprint density at radius 2 is 1.73 bits per heavy atom. The van der Waals surface area contributed by atoms with Crippen molar-refractivity contribution in [1.82, 2.24) is 4.90 Å². The van der Waals surface area contributed by atoms with Crippen LogP contribution in [0.3, 0.4) is 0 Å². The van der Waals surface area contributed by atoms with Gasteiger partial charge in [0.25, 0.3) is 11.8 Å². The van der Waals surface area contributed by atoms with Crippen LogP contribution >= 0.6 is 0 Å². The summed E-state index contributed by atoms with van der Waals surface area (Å²) in [5.74, 6) is -0.178. The molecule has 6 rings (SSSR count). The molecule has 0 saturated carbocycles. The number of carbonyl (C=O) groups is 2. The van der Waals surface area contributed by atoms with Crippen molar-refractivity contribution >= 4 is 28.5 Å². The Balaban J connectivity index is 1.67. The number of aryl methyl sites for hydroxylation is 1. The lowest BCUT2D eigenvalue weighted by Gasteiger charge is -2.34. The molecule has 7 heteroatoms. The molecule has 2 amide bonds. The number of carbonyl (C=O) groups excluding carboxylic acids is 2. The predicted molar refractivity (Wildman–Crippen MR) is 140 cm³/mol. The molecule has 2 aliphatic rings. The zero-order valence-corrected chi connectivity index (χ0v) is 20.9. The lowest BCUT2D eigenvalue weighted by molar-refractivity contribution is -0.126. The summed E-state index contributed by atoms with van der Waals surface area (Å²) < 4.78 is 11.4. The molecular formula is C30H26N2O5. The van der Waals surface area contributed by atoms with Crippen molar-refractivity contribution in [2.75, 3.05) is 18.6 Å². The first-order valence-corrected chi connectivity index (χ1v) is 12.4. The lowest BCUT2D eigenvalue weighted by Crippen LogP contribution is -2.53. The van der Waals surface area contributed by atoms with E-state index in [1.165, 1.54) is 4.90 Å². The van der Waals surface area contributed by atoms with Crippen molar-refractivity contribution < 1.29 is 18.7 Å². The molecule has 0 unspecified atom stereocenters. The molecular weight excluding hydrogens is 468 g/mol. The Bertz CT molecular complexity index is 1640. The second kappa shape index (κ2) is 8.34. The molecule has 2 aliphatic heterocycles. The van der Waals surface area contributed by atoms with Gasteiger partial charge in [0.1, 0.15) is 11.3 Å². The van der Waals surface area contributed by atoms with Gasteiger partial charge in [-0.2, -0.15) is 0 Å². The van der Waals surface area contributed by atoms with Crippen LogP contribution in [0.25, 0.3) is 11.0 Å². The third-order valence-corrected chi connectivity index (χ3v) is 7.34. The number of para-hydroxylation sites is 1. The minimum Gasteiger partial charge on any atom is -0.497 e. The number of hydrogen-bond donors (Lipinski definition) is 0. The molecule has 4 aromatic rings. The van der Waals surface area contributed by atoms with Gasteiger partial charge in [-0.1, -0.05) is 48.9 Å². The van der Waals surface area contributed by atoms with Crippen LogP contribution in [-0.4, -0.2) is 30.4 Å². The summed E-state index contributed by atoms with van der Waals surface area (Å²) in [5.41, 5.74) is 1.47. The second-order valence-corrected chi connectivity index (χ2v) is 9.56. The number of nitrogens with zero attached hydrogens (tertiary/aromatic N) is 2. The Kier molecular flexibility index (Phi) is 5.19. The van der Waals surface area contributed by atoms with Crippen LogP contribution in [0.15, 0.2) is 75.9 Å². The first-order valence-electron chi connectivity index (χ1n) is 12.4. The predicted octanol–water partition coefficient (Wildman–Crippen LogP) is 4.77. The summed E-state index contributed by atoms with van der Waals surface area (Å²) in [4.78, 5) is 45.9. The van der Waals surface area contributed by atoms with Crippen molar-refractivity contribution in [2.45, 2.75) is 32.4 Å². The van der Waals surface area contributed by atoms with Crippen LogP contribution < -0.4 is 15.1 Å². The van der Waals surface area contributed by atoms with Gasteiger partial charge in [0.15, 0.2) is 11.0 Å². The van der Waals surface area contributed by atoms with E-state index in [0.717, 1.165) is 17.5 Å². The molecule has 3 heterocycles. The molecule has 1 aromatic heterocycles. The zero-order chi connectivity index (χ0) is 25.9. The Morgan fingerprint density at radius 3 is 2.46 bits per heavy atom. The molecule has 7 nitrogen and oxygen atoms in total. The zero-order valence-electron chi connectivity index (χ0n) is 20.9. The van der Waals surface area contributed by atoms with E-state index in [2.05, 4.69) is 0 Å². The van der Waals surface area contributed by atoms with Crippen molar-refractivity contribution in [3.63, 3.8) is 0 Å². The Hall–Kier alpha value is -4.39. The summed E-state index contributed by atoms with van der Waals surface area (Å²) in [7, 11) is 1.59. The summed E-state index contributed by atoms with van der Waals surface area (Å²) >= 11 is 0. The van der Waals surface area contributed by atoms with Gasteiger partial charge in [-0.15, -0.1) is 0 Å². The lowest BCUT2D eigenvalue weighted by atomic mass is 9.83. The fourth-order valence-corrected chi connectivity index (χ4v) is 5.68. The number of benzene rings is 3. The minimum atomic E-state index is -1.61. The van der Waals surface area contributed by atoms with Gasteiger partial charge in [0.05, 0.1) is 23.7 Å². The van der Waals surface area contributed by atoms with Crippen molar-refractivity contribution in [3.8, 4) is 5.75 Å². The summed E-state index contributed by atoms with van der Waals surface area (Å²) in [6.45, 7) is 4.47. The number of ether oxygens (including phenoxy) is 1. The molecule has 0 bridgehead atoms. The van der Waals surface area contributed by atoms with Crippen molar-refractivity contribution in [2.24, 2.45) is 0 Å². The first kappa shape index (κ1) is 23.0. The van der Waals surface area contributed by atoms with E-state index >= 15 is 0 Å². The van der Waals surface area contributed by atoms with E-state index in [1.807, 2.05) is 68.4 Å². The quantitative estimate of drug-likeness (QED) is 0.400. The molecule has 0 saturated heterocycles. The average Bonchev–Trinajstić information content (AvgIpc) is 3.30. The highest BCUT2D eigenvalue weighted by Gasteiger charge is 2.64. The number of rotatable bonds is 5. The summed E-state index contributed by atoms with van der Waals surface area (Å²) in [6.07, 6.45) is 0.723. The Labute approximate surface area is 213 Å². The fraction of sp³-hybridized carbons (Fsp3) is 0.233. The number of amides is 2. The highest BCUT2D eigenvalue weighted by molar-refractivity contribution is 6.17. The SMILES string of the molecule is CCCN1C(=O)[C@@]2(c3ccccc31)c1c(oc3ccc(C)cc3c1=O)C(=O)N2Cc1ccc(OC)cc1. The van der Waals surface area contributed by atoms with Crippen LogP contribution in [-0.2, 0) is 16.9 Å². The van der Waals surface area contributed by atoms with Gasteiger partial charge < -0.3 is 19.0 Å². The van der Waals surface area contributed by atoms with Gasteiger partial charge in [0.2, 0.25) is 5.76 Å². The third kappa shape index (κ3) is 3.10. The number of fused-ring (bicyclic) bond motifs is 5. The standard InChI is InChI=1S/C30H26N2O5/c1-4-15-31-23-8-6-5-7-22(23)30(29(31)35)25-26(33)21-16-18(2)9-14-24(21)37-27(25)28(34)32(30)17-19-10-12-20(36-3)13-11-19/h5-14,16H,4,15,17H2,1-3H3/t30-/m1/s1. The monoisotopic (exact) mass is 494 g/mol. The van der Waals surface area contributed by atoms with Gasteiger partial charge in [-0.05, 0) is 49.2 Å². The molecule has 0 aliphatic carbocycles. The number of anilines is 1. The van der Waals surface area contributed by atoms with E-state index in [1.54, 1.807) is 24.1 Å². The molecule has 3 aromatic carbocycles. The largest absolute Gasteiger partial charge is 0.497 e. The van der Waals surface area contributed by atoms with Crippen LogP contribution in [0.5, 0.6) is 5.75 Å². The molecule has 1 spiro atoms. The Morgan fingerprint density at radius 1 is 0.973 bits per heavy atom. The van der Waals surface area contributed by atoms with E-state index < -0.39 is 11.4 Å². The maximum absolute atomic E-state index is 14.5. The molecule has 0 fully saturated rings. The average molecular weight is 495 g/mol. The van der Waals surface area contributed by atoms with Crippen LogP contribution in [0.4, 0.5) is 5.69 Å². The van der Waals surface area contributed by atoms with E-state index in [4.69, 9.17) is 9.15 Å². The van der Waals surface area contributed by atoms with Gasteiger partial charge >= 0.3 is 0 Å². The van der Waals surface area contributed by atoms with Gasteiger partial charge in [-0.3, -0.25) is 14.4 Å². The maximum atomic E-state index is 14.5. The first-order chi connectivity index (χ1) is 17.9. The number of hydrogen-bond acceptors (Lipinski definition) is 5. The van der Waals surface area contributed by atoms with Gasteiger partial charge in [-0.25, -0.2) is 0 Å². The highest BCUT2D eigenvalue weighted by atomic mass is 16.5. The molecule has 0 radical (unpaired) electrons. The third-order valence-electron chi connectivity index (χ3n) is 7.34. The summed E-state index contributed by atoms with van der Waals surface area (Å²) in [5, 5.41) is 0.358. The van der Waals surface area contributed by atoms with E-state index in [-0.39, 0.29) is 29.2 Å². The minimum absolute atomic E-state index is 0.0728. The molecule has 37 heavy (non-hydrogen) atoms. The molecule has 186 valence electrons. The number of methoxy groups -OCH3 is 1. The van der Waals surface area contributed by atoms with E-state index in [9.17, 15) is 14.4 Å². The highest BCUT2D eigenvalue weighted by Crippen LogP contribution is 2.53. The smallest absolute Gasteiger partial charge is 0.291 e. The molecule has 1 atom stereocenters. The topological polar surface area (TPSA) is 80.1 Å². The van der Waals surface area contributed by atoms with Crippen LogP contribution in [0.1, 0.15) is 46.2 Å². The summed E-state index contributed by atoms with van der Waals surface area (Å²) in [6, 6.07) is 20.0.